The van der Waals surface area contributed by atoms with Crippen molar-refractivity contribution in [2.75, 3.05) is 0 Å². The maximum absolute atomic E-state index is 13.7. The lowest BCUT2D eigenvalue weighted by Crippen LogP contribution is -2.67. The monoisotopic (exact) mass is 390 g/mol. The summed E-state index contributed by atoms with van der Waals surface area (Å²) in [6.45, 7) is 0. The number of hydrogen-bond acceptors (Lipinski definition) is 4. The van der Waals surface area contributed by atoms with Crippen molar-refractivity contribution >= 4 is 11.8 Å². The smallest absolute Gasteiger partial charge is 0.265 e. The summed E-state index contributed by atoms with van der Waals surface area (Å²) in [4.78, 5) is 22.7. The third-order valence-electron chi connectivity index (χ3n) is 3.15. The first kappa shape index (κ1) is 19.5. The lowest BCUT2D eigenvalue weighted by atomic mass is 9.97. The SMILES string of the molecule is O=C(n1cccn1)C(F)(F)C(F)(F)C(F)(F)C(F)(F)C(=O)n1cccn1. The number of carbonyl (C=O) groups excluding carboxylic acids is 2. The molecule has 0 unspecified atom stereocenters. The van der Waals surface area contributed by atoms with Crippen molar-refractivity contribution in [1.82, 2.24) is 19.6 Å². The molecule has 142 valence electrons. The molecular weight excluding hydrogens is 384 g/mol. The number of alkyl halides is 8. The summed E-state index contributed by atoms with van der Waals surface area (Å²) in [7, 11) is 0. The van der Waals surface area contributed by atoms with E-state index in [1.165, 1.54) is 0 Å². The third-order valence-corrected chi connectivity index (χ3v) is 3.15. The van der Waals surface area contributed by atoms with Gasteiger partial charge < -0.3 is 0 Å². The highest BCUT2D eigenvalue weighted by Gasteiger charge is 2.85. The van der Waals surface area contributed by atoms with Gasteiger partial charge in [-0.2, -0.15) is 45.3 Å². The third kappa shape index (κ3) is 2.55. The van der Waals surface area contributed by atoms with Crippen molar-refractivity contribution in [3.8, 4) is 0 Å². The molecule has 2 aromatic rings. The molecule has 14 heteroatoms. The summed E-state index contributed by atoms with van der Waals surface area (Å²) >= 11 is 0. The minimum absolute atomic E-state index is 0.414. The average molecular weight is 390 g/mol. The minimum atomic E-state index is -6.95. The topological polar surface area (TPSA) is 69.8 Å². The molecular formula is C12H6F8N4O2. The Morgan fingerprint density at radius 3 is 1.19 bits per heavy atom. The predicted molar refractivity (Wildman–Crippen MR) is 65.5 cm³/mol. The van der Waals surface area contributed by atoms with Gasteiger partial charge in [0.25, 0.3) is 0 Å². The summed E-state index contributed by atoms with van der Waals surface area (Å²) in [6, 6.07) is 1.64. The Kier molecular flexibility index (Phi) is 4.41. The fraction of sp³-hybridized carbons (Fsp3) is 0.333. The Bertz CT molecular complexity index is 733. The van der Waals surface area contributed by atoms with Gasteiger partial charge in [-0.25, -0.2) is 9.36 Å². The fourth-order valence-electron chi connectivity index (χ4n) is 1.73. The summed E-state index contributed by atoms with van der Waals surface area (Å²) < 4.78 is 109. The molecule has 0 fully saturated rings. The van der Waals surface area contributed by atoms with Gasteiger partial charge in [0, 0.05) is 24.8 Å². The summed E-state index contributed by atoms with van der Waals surface area (Å²) in [5.41, 5.74) is 0. The molecule has 0 aliphatic heterocycles. The lowest BCUT2D eigenvalue weighted by Gasteiger charge is -2.34. The molecule has 0 aromatic carbocycles. The first-order valence-electron chi connectivity index (χ1n) is 6.38. The van der Waals surface area contributed by atoms with Crippen LogP contribution >= 0.6 is 0 Å². The van der Waals surface area contributed by atoms with Gasteiger partial charge in [0.05, 0.1) is 0 Å². The van der Waals surface area contributed by atoms with E-state index >= 15 is 0 Å². The minimum Gasteiger partial charge on any atom is -0.265 e. The maximum atomic E-state index is 13.7. The predicted octanol–water partition coefficient (Wildman–Crippen LogP) is 2.60. The molecule has 0 aliphatic rings. The van der Waals surface area contributed by atoms with Gasteiger partial charge in [0.2, 0.25) is 0 Å². The molecule has 0 aliphatic carbocycles. The largest absolute Gasteiger partial charge is 0.395 e. The van der Waals surface area contributed by atoms with E-state index in [-0.39, 0.29) is 0 Å². The quantitative estimate of drug-likeness (QED) is 0.736. The molecule has 0 bridgehead atoms. The second-order valence-corrected chi connectivity index (χ2v) is 4.81. The highest BCUT2D eigenvalue weighted by Crippen LogP contribution is 2.53. The summed E-state index contributed by atoms with van der Waals surface area (Å²) in [5, 5.41) is 5.71. The number of hydrogen-bond donors (Lipinski definition) is 0. The first-order valence-corrected chi connectivity index (χ1v) is 6.38. The van der Waals surface area contributed by atoms with Crippen LogP contribution in [0.3, 0.4) is 0 Å². The van der Waals surface area contributed by atoms with Crippen LogP contribution in [0, 0.1) is 0 Å². The van der Waals surface area contributed by atoms with Crippen LogP contribution in [-0.4, -0.2) is 55.1 Å². The number of aromatic nitrogens is 4. The lowest BCUT2D eigenvalue weighted by molar-refractivity contribution is -0.341. The molecule has 0 N–H and O–H groups in total. The zero-order valence-corrected chi connectivity index (χ0v) is 12.1. The van der Waals surface area contributed by atoms with Crippen LogP contribution in [0.25, 0.3) is 0 Å². The summed E-state index contributed by atoms with van der Waals surface area (Å²) in [6.07, 6.45) is 2.19. The van der Waals surface area contributed by atoms with E-state index in [9.17, 15) is 44.7 Å². The molecule has 0 amide bonds. The van der Waals surface area contributed by atoms with Crippen LogP contribution in [-0.2, 0) is 0 Å². The van der Waals surface area contributed by atoms with Crippen molar-refractivity contribution < 1.29 is 44.7 Å². The van der Waals surface area contributed by atoms with E-state index in [4.69, 9.17) is 0 Å². The van der Waals surface area contributed by atoms with Crippen LogP contribution in [0.15, 0.2) is 36.9 Å². The van der Waals surface area contributed by atoms with Crippen molar-refractivity contribution in [1.29, 1.82) is 0 Å². The molecule has 0 saturated heterocycles. The van der Waals surface area contributed by atoms with E-state index in [1.807, 2.05) is 0 Å². The van der Waals surface area contributed by atoms with E-state index in [2.05, 4.69) is 10.2 Å². The molecule has 2 aromatic heterocycles. The van der Waals surface area contributed by atoms with E-state index in [0.717, 1.165) is 12.1 Å². The van der Waals surface area contributed by atoms with Gasteiger partial charge in [-0.3, -0.25) is 9.59 Å². The Morgan fingerprint density at radius 2 is 0.962 bits per heavy atom. The van der Waals surface area contributed by atoms with Gasteiger partial charge in [-0.05, 0) is 12.1 Å². The normalized spacial score (nSPS) is 13.7. The molecule has 0 saturated carbocycles. The van der Waals surface area contributed by atoms with E-state index in [1.54, 1.807) is 0 Å². The van der Waals surface area contributed by atoms with E-state index in [0.29, 0.717) is 24.8 Å². The molecule has 2 heterocycles. The number of carbonyl (C=O) groups is 2. The van der Waals surface area contributed by atoms with Gasteiger partial charge in [-0.1, -0.05) is 0 Å². The van der Waals surface area contributed by atoms with Crippen LogP contribution in [0.5, 0.6) is 0 Å². The Morgan fingerprint density at radius 1 is 0.654 bits per heavy atom. The summed E-state index contributed by atoms with van der Waals surface area (Å²) in [5.74, 6) is -32.5. The Hall–Kier alpha value is -2.80. The molecule has 0 radical (unpaired) electrons. The average Bonchev–Trinajstić information content (AvgIpc) is 3.25. The molecule has 0 spiro atoms. The van der Waals surface area contributed by atoms with Gasteiger partial charge >= 0.3 is 35.5 Å². The van der Waals surface area contributed by atoms with Crippen LogP contribution in [0.2, 0.25) is 0 Å². The second-order valence-electron chi connectivity index (χ2n) is 4.81. The van der Waals surface area contributed by atoms with Crippen LogP contribution in [0.1, 0.15) is 9.59 Å². The highest BCUT2D eigenvalue weighted by molar-refractivity contribution is 5.89. The van der Waals surface area contributed by atoms with Crippen molar-refractivity contribution in [2.24, 2.45) is 0 Å². The van der Waals surface area contributed by atoms with E-state index < -0.39 is 44.9 Å². The zero-order valence-electron chi connectivity index (χ0n) is 12.1. The Balaban J connectivity index is 2.47. The van der Waals surface area contributed by atoms with Gasteiger partial charge in [0.15, 0.2) is 0 Å². The fourth-order valence-corrected chi connectivity index (χ4v) is 1.73. The highest BCUT2D eigenvalue weighted by atomic mass is 19.4. The van der Waals surface area contributed by atoms with Crippen LogP contribution < -0.4 is 0 Å². The molecule has 26 heavy (non-hydrogen) atoms. The number of halogens is 8. The standard InChI is InChI=1S/C12H6F8N4O2/c13-9(14,7(25)23-5-1-3-21-23)11(17,18)12(19,20)10(15,16)8(26)24-6-2-4-22-24/h1-6H. The zero-order chi connectivity index (χ0) is 20.0. The van der Waals surface area contributed by atoms with Crippen LogP contribution in [0.4, 0.5) is 35.1 Å². The first-order chi connectivity index (χ1) is 11.8. The van der Waals surface area contributed by atoms with Gasteiger partial charge in [-0.15, -0.1) is 0 Å². The second kappa shape index (κ2) is 5.88. The van der Waals surface area contributed by atoms with Crippen molar-refractivity contribution in [3.05, 3.63) is 36.9 Å². The molecule has 0 atom stereocenters. The molecule has 6 nitrogen and oxygen atoms in total. The van der Waals surface area contributed by atoms with Crippen molar-refractivity contribution in [2.45, 2.75) is 23.7 Å². The Labute approximate surface area is 138 Å². The maximum Gasteiger partial charge on any atom is 0.395 e. The van der Waals surface area contributed by atoms with Crippen molar-refractivity contribution in [3.63, 3.8) is 0 Å². The van der Waals surface area contributed by atoms with Gasteiger partial charge in [0.1, 0.15) is 0 Å². The number of nitrogens with zero attached hydrogens (tertiary/aromatic N) is 4. The molecule has 2 rings (SSSR count). The number of rotatable bonds is 5.